The predicted molar refractivity (Wildman–Crippen MR) is 93.5 cm³/mol. The molecule has 4 rings (SSSR count). The molecular weight excluding hydrogens is 306 g/mol. The van der Waals surface area contributed by atoms with E-state index in [1.165, 1.54) is 37.5 Å². The van der Waals surface area contributed by atoms with Crippen molar-refractivity contribution in [1.82, 2.24) is 25.1 Å². The molecule has 1 N–H and O–H groups in total. The molecular formula is C17H23N5S. The topological polar surface area (TPSA) is 44.3 Å². The van der Waals surface area contributed by atoms with Crippen LogP contribution in [0, 0.1) is 0 Å². The lowest BCUT2D eigenvalue weighted by Gasteiger charge is -2.32. The first-order valence-corrected chi connectivity index (χ1v) is 9.23. The Morgan fingerprint density at radius 1 is 1.17 bits per heavy atom. The number of thiazole rings is 1. The monoisotopic (exact) mass is 329 g/mol. The first-order chi connectivity index (χ1) is 11.4. The van der Waals surface area contributed by atoms with Crippen molar-refractivity contribution in [3.8, 4) is 10.7 Å². The van der Waals surface area contributed by atoms with Gasteiger partial charge in [-0.1, -0.05) is 6.07 Å². The molecule has 0 radical (unpaired) electrons. The summed E-state index contributed by atoms with van der Waals surface area (Å²) in [5.74, 6) is 0. The molecule has 0 aromatic carbocycles. The van der Waals surface area contributed by atoms with Crippen LogP contribution in [0.2, 0.25) is 0 Å². The molecule has 1 unspecified atom stereocenters. The second-order valence-corrected chi connectivity index (χ2v) is 7.43. The summed E-state index contributed by atoms with van der Waals surface area (Å²) < 4.78 is 0. The van der Waals surface area contributed by atoms with Crippen LogP contribution in [-0.4, -0.2) is 65.1 Å². The van der Waals surface area contributed by atoms with Crippen LogP contribution >= 0.6 is 11.3 Å². The molecule has 4 heterocycles. The van der Waals surface area contributed by atoms with Crippen LogP contribution in [0.5, 0.6) is 0 Å². The maximum Gasteiger partial charge on any atom is 0.142 e. The predicted octanol–water partition coefficient (Wildman–Crippen LogP) is 1.68. The smallest absolute Gasteiger partial charge is 0.142 e. The molecule has 0 bridgehead atoms. The highest BCUT2D eigenvalue weighted by atomic mass is 32.1. The van der Waals surface area contributed by atoms with E-state index in [4.69, 9.17) is 0 Å². The summed E-state index contributed by atoms with van der Waals surface area (Å²) >= 11 is 1.77. The third kappa shape index (κ3) is 3.61. The van der Waals surface area contributed by atoms with Crippen molar-refractivity contribution in [2.24, 2.45) is 0 Å². The Hall–Kier alpha value is -1.34. The summed E-state index contributed by atoms with van der Waals surface area (Å²) in [6.45, 7) is 8.08. The third-order valence-corrected chi connectivity index (χ3v) is 5.74. The van der Waals surface area contributed by atoms with Crippen molar-refractivity contribution in [1.29, 1.82) is 0 Å². The summed E-state index contributed by atoms with van der Waals surface area (Å²) in [7, 11) is 0. The van der Waals surface area contributed by atoms with E-state index in [0.717, 1.165) is 36.4 Å². The molecule has 6 heteroatoms. The average Bonchev–Trinajstić information content (AvgIpc) is 3.27. The second kappa shape index (κ2) is 7.05. The van der Waals surface area contributed by atoms with Gasteiger partial charge in [0, 0.05) is 69.1 Å². The number of nitrogens with one attached hydrogen (secondary N) is 1. The van der Waals surface area contributed by atoms with Gasteiger partial charge < -0.3 is 5.32 Å². The lowest BCUT2D eigenvalue weighted by molar-refractivity contribution is 0.170. The van der Waals surface area contributed by atoms with Crippen molar-refractivity contribution in [3.63, 3.8) is 0 Å². The number of pyridine rings is 1. The molecule has 122 valence electrons. The van der Waals surface area contributed by atoms with E-state index in [9.17, 15) is 0 Å². The van der Waals surface area contributed by atoms with Gasteiger partial charge in [-0.15, -0.1) is 11.3 Å². The SMILES string of the molecule is c1ccc(-c2ncc(CN3CCC(N4CCNCC4)C3)s2)nc1. The maximum atomic E-state index is 4.55. The number of aromatic nitrogens is 2. The van der Waals surface area contributed by atoms with Crippen molar-refractivity contribution < 1.29 is 0 Å². The fourth-order valence-electron chi connectivity index (χ4n) is 3.51. The minimum atomic E-state index is 0.736. The summed E-state index contributed by atoms with van der Waals surface area (Å²) in [5.41, 5.74) is 0.976. The summed E-state index contributed by atoms with van der Waals surface area (Å²) in [6, 6.07) is 6.72. The number of rotatable bonds is 4. The van der Waals surface area contributed by atoms with Gasteiger partial charge in [-0.2, -0.15) is 0 Å². The molecule has 2 fully saturated rings. The van der Waals surface area contributed by atoms with Gasteiger partial charge in [0.25, 0.3) is 0 Å². The Labute approximate surface area is 141 Å². The van der Waals surface area contributed by atoms with Crippen LogP contribution in [0.25, 0.3) is 10.7 Å². The van der Waals surface area contributed by atoms with E-state index in [1.54, 1.807) is 11.3 Å². The summed E-state index contributed by atoms with van der Waals surface area (Å²) in [5, 5.41) is 4.47. The molecule has 1 atom stereocenters. The molecule has 2 aromatic rings. The molecule has 2 aliphatic heterocycles. The molecule has 2 aliphatic rings. The lowest BCUT2D eigenvalue weighted by atomic mass is 10.2. The number of piperazine rings is 1. The Bertz CT molecular complexity index is 623. The van der Waals surface area contributed by atoms with Crippen molar-refractivity contribution in [2.75, 3.05) is 39.3 Å². The zero-order valence-corrected chi connectivity index (χ0v) is 14.1. The Morgan fingerprint density at radius 2 is 2.09 bits per heavy atom. The number of hydrogen-bond donors (Lipinski definition) is 1. The fraction of sp³-hybridized carbons (Fsp3) is 0.529. The minimum Gasteiger partial charge on any atom is -0.314 e. The van der Waals surface area contributed by atoms with Gasteiger partial charge in [-0.05, 0) is 18.6 Å². The number of nitrogens with zero attached hydrogens (tertiary/aromatic N) is 4. The Balaban J connectivity index is 1.35. The molecule has 2 saturated heterocycles. The second-order valence-electron chi connectivity index (χ2n) is 6.31. The van der Waals surface area contributed by atoms with Crippen LogP contribution < -0.4 is 5.32 Å². The standard InChI is InChI=1S/C17H23N5S/c1-2-5-19-16(3-1)17-20-11-15(23-17)13-21-8-4-14(12-21)22-9-6-18-7-10-22/h1-3,5,11,14,18H,4,6-10,12-13H2. The largest absolute Gasteiger partial charge is 0.314 e. The zero-order chi connectivity index (χ0) is 15.5. The molecule has 0 amide bonds. The Morgan fingerprint density at radius 3 is 2.91 bits per heavy atom. The van der Waals surface area contributed by atoms with Crippen molar-refractivity contribution >= 4 is 11.3 Å². The van der Waals surface area contributed by atoms with E-state index in [1.807, 2.05) is 30.6 Å². The van der Waals surface area contributed by atoms with Gasteiger partial charge >= 0.3 is 0 Å². The van der Waals surface area contributed by atoms with Crippen LogP contribution in [0.3, 0.4) is 0 Å². The van der Waals surface area contributed by atoms with Crippen LogP contribution in [-0.2, 0) is 6.54 Å². The van der Waals surface area contributed by atoms with Crippen molar-refractivity contribution in [2.45, 2.75) is 19.0 Å². The van der Waals surface area contributed by atoms with Crippen LogP contribution in [0.15, 0.2) is 30.6 Å². The normalized spacial score (nSPS) is 23.4. The van der Waals surface area contributed by atoms with E-state index in [2.05, 4.69) is 25.1 Å². The summed E-state index contributed by atoms with van der Waals surface area (Å²) in [4.78, 5) is 15.5. The quantitative estimate of drug-likeness (QED) is 0.925. The van der Waals surface area contributed by atoms with Crippen molar-refractivity contribution in [3.05, 3.63) is 35.5 Å². The lowest BCUT2D eigenvalue weighted by Crippen LogP contribution is -2.49. The van der Waals surface area contributed by atoms with Gasteiger partial charge in [0.05, 0.1) is 5.69 Å². The number of likely N-dealkylation sites (tertiary alicyclic amines) is 1. The zero-order valence-electron chi connectivity index (χ0n) is 13.3. The minimum absolute atomic E-state index is 0.736. The average molecular weight is 329 g/mol. The summed E-state index contributed by atoms with van der Waals surface area (Å²) in [6.07, 6.45) is 5.15. The van der Waals surface area contributed by atoms with Gasteiger partial charge in [0.2, 0.25) is 0 Å². The van der Waals surface area contributed by atoms with E-state index in [-0.39, 0.29) is 0 Å². The highest BCUT2D eigenvalue weighted by Gasteiger charge is 2.28. The molecule has 0 saturated carbocycles. The molecule has 23 heavy (non-hydrogen) atoms. The van der Waals surface area contributed by atoms with E-state index in [0.29, 0.717) is 0 Å². The van der Waals surface area contributed by atoms with Gasteiger partial charge in [-0.25, -0.2) is 4.98 Å². The van der Waals surface area contributed by atoms with E-state index < -0.39 is 0 Å². The molecule has 5 nitrogen and oxygen atoms in total. The molecule has 0 aliphatic carbocycles. The first kappa shape index (κ1) is 15.2. The third-order valence-electron chi connectivity index (χ3n) is 4.73. The fourth-order valence-corrected chi connectivity index (χ4v) is 4.44. The van der Waals surface area contributed by atoms with Gasteiger partial charge in [0.15, 0.2) is 0 Å². The van der Waals surface area contributed by atoms with Gasteiger partial charge in [-0.3, -0.25) is 14.8 Å². The number of hydrogen-bond acceptors (Lipinski definition) is 6. The highest BCUT2D eigenvalue weighted by Crippen LogP contribution is 2.26. The van der Waals surface area contributed by atoms with E-state index >= 15 is 0 Å². The van der Waals surface area contributed by atoms with Crippen LogP contribution in [0.4, 0.5) is 0 Å². The Kier molecular flexibility index (Phi) is 4.66. The maximum absolute atomic E-state index is 4.55. The first-order valence-electron chi connectivity index (χ1n) is 8.42. The van der Waals surface area contributed by atoms with Gasteiger partial charge in [0.1, 0.15) is 5.01 Å². The molecule has 0 spiro atoms. The highest BCUT2D eigenvalue weighted by molar-refractivity contribution is 7.14. The van der Waals surface area contributed by atoms with Crippen LogP contribution in [0.1, 0.15) is 11.3 Å². The molecule has 2 aromatic heterocycles.